The molecule has 1 aliphatic rings. The third-order valence-electron chi connectivity index (χ3n) is 3.97. The Hall–Kier alpha value is -1.75. The van der Waals surface area contributed by atoms with Crippen molar-refractivity contribution in [2.75, 3.05) is 13.1 Å². The zero-order valence-corrected chi connectivity index (χ0v) is 14.3. The predicted molar refractivity (Wildman–Crippen MR) is 90.4 cm³/mol. The van der Waals surface area contributed by atoms with Crippen molar-refractivity contribution in [3.05, 3.63) is 29.8 Å². The van der Waals surface area contributed by atoms with Gasteiger partial charge in [-0.2, -0.15) is 0 Å². The molecule has 23 heavy (non-hydrogen) atoms. The molecule has 1 saturated heterocycles. The van der Waals surface area contributed by atoms with E-state index in [0.29, 0.717) is 12.3 Å². The van der Waals surface area contributed by atoms with Crippen LogP contribution in [0.5, 0.6) is 5.75 Å². The lowest BCUT2D eigenvalue weighted by molar-refractivity contribution is 0.0221. The van der Waals surface area contributed by atoms with Crippen LogP contribution in [0.4, 0.5) is 4.79 Å². The summed E-state index contributed by atoms with van der Waals surface area (Å²) in [6.45, 7) is 7.89. The normalized spacial score (nSPS) is 18.2. The first-order valence-corrected chi connectivity index (χ1v) is 8.34. The number of benzene rings is 1. The summed E-state index contributed by atoms with van der Waals surface area (Å²) in [7, 11) is 0. The van der Waals surface area contributed by atoms with Crippen molar-refractivity contribution in [1.29, 1.82) is 0 Å². The van der Waals surface area contributed by atoms with Crippen molar-refractivity contribution in [1.82, 2.24) is 10.2 Å². The molecule has 1 aliphatic heterocycles. The number of phenolic OH excluding ortho intramolecular Hbond substituents is 1. The molecule has 0 saturated carbocycles. The van der Waals surface area contributed by atoms with Crippen LogP contribution in [0.15, 0.2) is 24.3 Å². The average molecular weight is 320 g/mol. The van der Waals surface area contributed by atoms with E-state index in [2.05, 4.69) is 5.32 Å². The minimum absolute atomic E-state index is 0.208. The van der Waals surface area contributed by atoms with Crippen LogP contribution in [0.3, 0.4) is 0 Å². The Morgan fingerprint density at radius 3 is 2.83 bits per heavy atom. The first kappa shape index (κ1) is 17.6. The van der Waals surface area contributed by atoms with Crippen molar-refractivity contribution in [2.24, 2.45) is 0 Å². The summed E-state index contributed by atoms with van der Waals surface area (Å²) in [5.41, 5.74) is 0.441. The molecule has 1 aromatic carbocycles. The number of likely N-dealkylation sites (tertiary alicyclic amines) is 1. The fourth-order valence-corrected chi connectivity index (χ4v) is 2.85. The van der Waals surface area contributed by atoms with Gasteiger partial charge in [0.2, 0.25) is 0 Å². The molecule has 2 N–H and O–H groups in total. The van der Waals surface area contributed by atoms with Gasteiger partial charge in [0.05, 0.1) is 0 Å². The Bertz CT molecular complexity index is 525. The molecular weight excluding hydrogens is 292 g/mol. The summed E-state index contributed by atoms with van der Waals surface area (Å²) >= 11 is 0. The van der Waals surface area contributed by atoms with Crippen LogP contribution in [0.1, 0.15) is 45.6 Å². The van der Waals surface area contributed by atoms with Crippen LogP contribution in [0, 0.1) is 0 Å². The van der Waals surface area contributed by atoms with Gasteiger partial charge in [-0.05, 0) is 52.6 Å². The second kappa shape index (κ2) is 7.68. The maximum atomic E-state index is 12.2. The summed E-state index contributed by atoms with van der Waals surface area (Å²) in [4.78, 5) is 14.1. The minimum atomic E-state index is -0.451. The number of amides is 1. The Balaban J connectivity index is 1.76. The standard InChI is InChI=1S/C18H28N2O3/c1-18(2,3)23-17(22)20-12-6-8-15(20)10-11-19-13-14-7-4-5-9-16(14)21/h4-5,7,9,15,19,21H,6,8,10-13H2,1-3H3. The predicted octanol–water partition coefficient (Wildman–Crippen LogP) is 3.27. The largest absolute Gasteiger partial charge is 0.508 e. The van der Waals surface area contributed by atoms with Crippen LogP contribution in [-0.2, 0) is 11.3 Å². The number of carbonyl (C=O) groups is 1. The molecule has 0 radical (unpaired) electrons. The zero-order chi connectivity index (χ0) is 16.9. The molecule has 1 fully saturated rings. The van der Waals surface area contributed by atoms with Gasteiger partial charge in [0.1, 0.15) is 11.4 Å². The summed E-state index contributed by atoms with van der Waals surface area (Å²) in [6.07, 6.45) is 2.74. The van der Waals surface area contributed by atoms with Crippen LogP contribution in [-0.4, -0.2) is 40.8 Å². The topological polar surface area (TPSA) is 61.8 Å². The number of nitrogens with zero attached hydrogens (tertiary/aromatic N) is 1. The van der Waals surface area contributed by atoms with Crippen LogP contribution in [0.25, 0.3) is 0 Å². The van der Waals surface area contributed by atoms with Gasteiger partial charge in [0, 0.05) is 24.7 Å². The van der Waals surface area contributed by atoms with Gasteiger partial charge >= 0.3 is 6.09 Å². The molecule has 1 unspecified atom stereocenters. The number of phenols is 1. The maximum absolute atomic E-state index is 12.2. The van der Waals surface area contributed by atoms with Gasteiger partial charge in [-0.15, -0.1) is 0 Å². The molecule has 0 bridgehead atoms. The first-order valence-electron chi connectivity index (χ1n) is 8.34. The van der Waals surface area contributed by atoms with E-state index in [1.54, 1.807) is 6.07 Å². The Morgan fingerprint density at radius 1 is 1.39 bits per heavy atom. The molecule has 1 atom stereocenters. The molecule has 0 spiro atoms. The molecule has 1 amide bonds. The SMILES string of the molecule is CC(C)(C)OC(=O)N1CCCC1CCNCc1ccccc1O. The van der Waals surface area contributed by atoms with Crippen molar-refractivity contribution < 1.29 is 14.6 Å². The third-order valence-corrected chi connectivity index (χ3v) is 3.97. The maximum Gasteiger partial charge on any atom is 0.410 e. The molecule has 1 heterocycles. The van der Waals surface area contributed by atoms with E-state index >= 15 is 0 Å². The Labute approximate surface area is 138 Å². The molecule has 2 rings (SSSR count). The molecule has 5 heteroatoms. The fourth-order valence-electron chi connectivity index (χ4n) is 2.85. The zero-order valence-electron chi connectivity index (χ0n) is 14.3. The van der Waals surface area contributed by atoms with Gasteiger partial charge in [0.15, 0.2) is 0 Å². The number of nitrogens with one attached hydrogen (secondary N) is 1. The van der Waals surface area contributed by atoms with Crippen LogP contribution >= 0.6 is 0 Å². The summed E-state index contributed by atoms with van der Waals surface area (Å²) in [6, 6.07) is 7.57. The van der Waals surface area contributed by atoms with Gasteiger partial charge in [-0.3, -0.25) is 0 Å². The van der Waals surface area contributed by atoms with Gasteiger partial charge in [0.25, 0.3) is 0 Å². The highest BCUT2D eigenvalue weighted by atomic mass is 16.6. The van der Waals surface area contributed by atoms with E-state index in [-0.39, 0.29) is 12.1 Å². The molecular formula is C18H28N2O3. The van der Waals surface area contributed by atoms with E-state index in [1.165, 1.54) is 0 Å². The van der Waals surface area contributed by atoms with E-state index in [4.69, 9.17) is 4.74 Å². The van der Waals surface area contributed by atoms with E-state index in [9.17, 15) is 9.90 Å². The van der Waals surface area contributed by atoms with Crippen molar-refractivity contribution in [3.8, 4) is 5.75 Å². The van der Waals surface area contributed by atoms with Gasteiger partial charge in [-0.1, -0.05) is 18.2 Å². The lowest BCUT2D eigenvalue weighted by atomic mass is 10.1. The number of carbonyl (C=O) groups excluding carboxylic acids is 1. The van der Waals surface area contributed by atoms with Gasteiger partial charge in [-0.25, -0.2) is 4.79 Å². The average Bonchev–Trinajstić information content (AvgIpc) is 2.92. The summed E-state index contributed by atoms with van der Waals surface area (Å²) < 4.78 is 5.48. The molecule has 1 aromatic rings. The number of ether oxygens (including phenoxy) is 1. The quantitative estimate of drug-likeness (QED) is 0.817. The number of hydrogen-bond acceptors (Lipinski definition) is 4. The van der Waals surface area contributed by atoms with Crippen molar-refractivity contribution >= 4 is 6.09 Å². The molecule has 0 aliphatic carbocycles. The third kappa shape index (κ3) is 5.43. The fraction of sp³-hybridized carbons (Fsp3) is 0.611. The van der Waals surface area contributed by atoms with Crippen molar-refractivity contribution in [3.63, 3.8) is 0 Å². The molecule has 5 nitrogen and oxygen atoms in total. The Kier molecular flexibility index (Phi) is 5.88. The number of rotatable bonds is 5. The number of hydrogen-bond donors (Lipinski definition) is 2. The van der Waals surface area contributed by atoms with E-state index < -0.39 is 5.60 Å². The lowest BCUT2D eigenvalue weighted by Crippen LogP contribution is -2.40. The minimum Gasteiger partial charge on any atom is -0.508 e. The van der Waals surface area contributed by atoms with Crippen LogP contribution in [0.2, 0.25) is 0 Å². The summed E-state index contributed by atoms with van der Waals surface area (Å²) in [5.74, 6) is 0.316. The van der Waals surface area contributed by atoms with Crippen LogP contribution < -0.4 is 5.32 Å². The second-order valence-corrected chi connectivity index (χ2v) is 7.06. The number of para-hydroxylation sites is 1. The summed E-state index contributed by atoms with van der Waals surface area (Å²) in [5, 5.41) is 13.1. The first-order chi connectivity index (χ1) is 10.9. The van der Waals surface area contributed by atoms with E-state index in [0.717, 1.165) is 37.9 Å². The molecule has 0 aromatic heterocycles. The highest BCUT2D eigenvalue weighted by Gasteiger charge is 2.31. The van der Waals surface area contributed by atoms with E-state index in [1.807, 2.05) is 43.9 Å². The lowest BCUT2D eigenvalue weighted by Gasteiger charge is -2.28. The van der Waals surface area contributed by atoms with Crippen molar-refractivity contribution in [2.45, 2.75) is 58.2 Å². The van der Waals surface area contributed by atoms with Gasteiger partial charge < -0.3 is 20.1 Å². The monoisotopic (exact) mass is 320 g/mol. The highest BCUT2D eigenvalue weighted by molar-refractivity contribution is 5.68. The number of aromatic hydroxyl groups is 1. The molecule has 128 valence electrons. The Morgan fingerprint density at radius 2 is 2.13 bits per heavy atom. The highest BCUT2D eigenvalue weighted by Crippen LogP contribution is 2.23. The second-order valence-electron chi connectivity index (χ2n) is 7.06. The smallest absolute Gasteiger partial charge is 0.410 e.